The van der Waals surface area contributed by atoms with Crippen LogP contribution in [0.5, 0.6) is 11.5 Å². The molecule has 4 rings (SSSR count). The van der Waals surface area contributed by atoms with Crippen molar-refractivity contribution in [3.63, 3.8) is 0 Å². The van der Waals surface area contributed by atoms with Gasteiger partial charge in [-0.1, -0.05) is 18.2 Å². The van der Waals surface area contributed by atoms with Crippen LogP contribution < -0.4 is 20.1 Å². The van der Waals surface area contributed by atoms with Gasteiger partial charge in [-0.3, -0.25) is 4.79 Å². The number of rotatable bonds is 5. The lowest BCUT2D eigenvalue weighted by atomic mass is 10.2. The molecule has 142 valence electrons. The predicted octanol–water partition coefficient (Wildman–Crippen LogP) is 3.25. The lowest BCUT2D eigenvalue weighted by Gasteiger charge is -2.18. The Bertz CT molecular complexity index is 995. The Morgan fingerprint density at radius 1 is 1.04 bits per heavy atom. The van der Waals surface area contributed by atoms with Crippen molar-refractivity contribution in [3.8, 4) is 11.5 Å². The summed E-state index contributed by atoms with van der Waals surface area (Å²) >= 11 is 0. The van der Waals surface area contributed by atoms with Crippen LogP contribution >= 0.6 is 0 Å². The molecule has 2 heterocycles. The molecule has 0 fully saturated rings. The minimum Gasteiger partial charge on any atom is -0.486 e. The van der Waals surface area contributed by atoms with Gasteiger partial charge in [-0.15, -0.1) is 0 Å². The minimum absolute atomic E-state index is 0.159. The second kappa shape index (κ2) is 7.91. The topological polar surface area (TPSA) is 85.4 Å². The molecule has 2 aromatic carbocycles. The molecule has 0 unspecified atom stereocenters. The molecule has 0 radical (unpaired) electrons. The van der Waals surface area contributed by atoms with Gasteiger partial charge in [0.2, 0.25) is 0 Å². The van der Waals surface area contributed by atoms with Crippen molar-refractivity contribution in [3.05, 3.63) is 71.9 Å². The van der Waals surface area contributed by atoms with E-state index < -0.39 is 5.91 Å². The molecule has 1 aromatic heterocycles. The number of ether oxygens (including phenoxy) is 2. The Kier molecular flexibility index (Phi) is 5.01. The second-order valence-corrected chi connectivity index (χ2v) is 6.04. The van der Waals surface area contributed by atoms with E-state index in [-0.39, 0.29) is 18.1 Å². The number of amides is 1. The maximum atomic E-state index is 13.6. The van der Waals surface area contributed by atoms with E-state index in [9.17, 15) is 9.18 Å². The Hall–Kier alpha value is -3.68. The third-order valence-corrected chi connectivity index (χ3v) is 4.10. The average Bonchev–Trinajstić information content (AvgIpc) is 2.73. The zero-order chi connectivity index (χ0) is 19.3. The molecule has 28 heavy (non-hydrogen) atoms. The van der Waals surface area contributed by atoms with Crippen molar-refractivity contribution in [1.82, 2.24) is 9.97 Å². The van der Waals surface area contributed by atoms with Crippen molar-refractivity contribution in [2.24, 2.45) is 0 Å². The molecule has 1 aliphatic rings. The van der Waals surface area contributed by atoms with Gasteiger partial charge < -0.3 is 20.1 Å². The van der Waals surface area contributed by atoms with Crippen LogP contribution in [0.2, 0.25) is 0 Å². The molecule has 8 heteroatoms. The number of nitrogens with one attached hydrogen (secondary N) is 2. The molecule has 0 saturated carbocycles. The Morgan fingerprint density at radius 3 is 2.64 bits per heavy atom. The molecule has 3 aromatic rings. The first-order valence-corrected chi connectivity index (χ1v) is 8.69. The van der Waals surface area contributed by atoms with Crippen LogP contribution in [0, 0.1) is 5.82 Å². The van der Waals surface area contributed by atoms with Gasteiger partial charge in [-0.2, -0.15) is 0 Å². The van der Waals surface area contributed by atoms with Gasteiger partial charge in [0, 0.05) is 23.9 Å². The van der Waals surface area contributed by atoms with Crippen LogP contribution in [0.15, 0.2) is 54.9 Å². The van der Waals surface area contributed by atoms with Gasteiger partial charge >= 0.3 is 0 Å². The fourth-order valence-electron chi connectivity index (χ4n) is 2.68. The van der Waals surface area contributed by atoms with Crippen LogP contribution in [-0.4, -0.2) is 29.1 Å². The normalized spacial score (nSPS) is 12.3. The van der Waals surface area contributed by atoms with Crippen LogP contribution in [0.3, 0.4) is 0 Å². The number of nitrogens with zero attached hydrogens (tertiary/aromatic N) is 2. The monoisotopic (exact) mass is 380 g/mol. The summed E-state index contributed by atoms with van der Waals surface area (Å²) in [6, 6.07) is 11.6. The Balaban J connectivity index is 1.38. The van der Waals surface area contributed by atoms with Gasteiger partial charge in [0.05, 0.1) is 12.4 Å². The Morgan fingerprint density at radius 2 is 1.86 bits per heavy atom. The highest BCUT2D eigenvalue weighted by atomic mass is 19.1. The minimum atomic E-state index is -0.398. The standard InChI is InChI=1S/C20H17FN4O3/c21-15-4-2-1-3-13(15)10-23-19-12-22-16(11-24-19)20(26)25-14-5-6-17-18(9-14)28-8-7-27-17/h1-6,9,11-12H,7-8,10H2,(H,23,24)(H,25,26). The van der Waals surface area contributed by atoms with Crippen molar-refractivity contribution >= 4 is 17.4 Å². The maximum absolute atomic E-state index is 13.6. The number of carbonyl (C=O) groups is 1. The quantitative estimate of drug-likeness (QED) is 0.707. The molecular formula is C20H17FN4O3. The van der Waals surface area contributed by atoms with E-state index in [4.69, 9.17) is 9.47 Å². The summed E-state index contributed by atoms with van der Waals surface area (Å²) in [6.07, 6.45) is 2.79. The first-order chi connectivity index (χ1) is 13.7. The van der Waals surface area contributed by atoms with E-state index >= 15 is 0 Å². The van der Waals surface area contributed by atoms with Gasteiger partial charge in [0.25, 0.3) is 5.91 Å². The smallest absolute Gasteiger partial charge is 0.275 e. The van der Waals surface area contributed by atoms with Crippen molar-refractivity contribution in [2.45, 2.75) is 6.54 Å². The number of hydrogen-bond acceptors (Lipinski definition) is 6. The number of hydrogen-bond donors (Lipinski definition) is 2. The van der Waals surface area contributed by atoms with Gasteiger partial charge in [0.15, 0.2) is 11.5 Å². The number of carbonyl (C=O) groups excluding carboxylic acids is 1. The molecule has 0 aliphatic carbocycles. The number of aromatic nitrogens is 2. The van der Waals surface area contributed by atoms with Gasteiger partial charge in [-0.25, -0.2) is 14.4 Å². The summed E-state index contributed by atoms with van der Waals surface area (Å²) in [4.78, 5) is 20.6. The molecular weight excluding hydrogens is 363 g/mol. The van der Waals surface area contributed by atoms with Gasteiger partial charge in [0.1, 0.15) is 30.5 Å². The van der Waals surface area contributed by atoms with Crippen molar-refractivity contribution in [1.29, 1.82) is 0 Å². The van der Waals surface area contributed by atoms with Crippen LogP contribution in [-0.2, 0) is 6.54 Å². The van der Waals surface area contributed by atoms with Crippen molar-refractivity contribution < 1.29 is 18.7 Å². The number of fused-ring (bicyclic) bond motifs is 1. The Labute approximate surface area is 160 Å². The fraction of sp³-hybridized carbons (Fsp3) is 0.150. The fourth-order valence-corrected chi connectivity index (χ4v) is 2.68. The highest BCUT2D eigenvalue weighted by Gasteiger charge is 2.14. The molecule has 0 saturated heterocycles. The lowest BCUT2D eigenvalue weighted by Crippen LogP contribution is -2.17. The van der Waals surface area contributed by atoms with Gasteiger partial charge in [-0.05, 0) is 18.2 Å². The number of anilines is 2. The van der Waals surface area contributed by atoms with E-state index in [0.29, 0.717) is 41.8 Å². The SMILES string of the molecule is O=C(Nc1ccc2c(c1)OCCO2)c1cnc(NCc2ccccc2F)cn1. The predicted molar refractivity (Wildman–Crippen MR) is 101 cm³/mol. The molecule has 0 atom stereocenters. The third kappa shape index (κ3) is 4.01. The third-order valence-electron chi connectivity index (χ3n) is 4.10. The summed E-state index contributed by atoms with van der Waals surface area (Å²) in [5, 5.41) is 5.72. The van der Waals surface area contributed by atoms with Crippen molar-refractivity contribution in [2.75, 3.05) is 23.8 Å². The van der Waals surface area contributed by atoms with Crippen LogP contribution in [0.25, 0.3) is 0 Å². The van der Waals surface area contributed by atoms with Crippen LogP contribution in [0.1, 0.15) is 16.1 Å². The first kappa shape index (κ1) is 17.7. The maximum Gasteiger partial charge on any atom is 0.275 e. The van der Waals surface area contributed by atoms with E-state index in [2.05, 4.69) is 20.6 Å². The molecule has 1 amide bonds. The highest BCUT2D eigenvalue weighted by molar-refractivity contribution is 6.02. The average molecular weight is 380 g/mol. The molecule has 7 nitrogen and oxygen atoms in total. The van der Waals surface area contributed by atoms with E-state index in [0.717, 1.165) is 0 Å². The lowest BCUT2D eigenvalue weighted by molar-refractivity contribution is 0.102. The van der Waals surface area contributed by atoms with E-state index in [1.54, 1.807) is 36.4 Å². The summed E-state index contributed by atoms with van der Waals surface area (Å²) in [7, 11) is 0. The largest absolute Gasteiger partial charge is 0.486 e. The van der Waals surface area contributed by atoms with Crippen LogP contribution in [0.4, 0.5) is 15.9 Å². The zero-order valence-corrected chi connectivity index (χ0v) is 14.8. The highest BCUT2D eigenvalue weighted by Crippen LogP contribution is 2.32. The van der Waals surface area contributed by atoms with E-state index in [1.807, 2.05) is 0 Å². The van der Waals surface area contributed by atoms with E-state index in [1.165, 1.54) is 18.5 Å². The number of halogens is 1. The molecule has 1 aliphatic heterocycles. The second-order valence-electron chi connectivity index (χ2n) is 6.04. The molecule has 0 spiro atoms. The summed E-state index contributed by atoms with van der Waals surface area (Å²) in [5.41, 5.74) is 1.24. The summed E-state index contributed by atoms with van der Waals surface area (Å²) in [6.45, 7) is 1.24. The molecule has 2 N–H and O–H groups in total. The molecule has 0 bridgehead atoms. The summed E-state index contributed by atoms with van der Waals surface area (Å²) in [5.74, 6) is 0.986. The zero-order valence-electron chi connectivity index (χ0n) is 14.8. The first-order valence-electron chi connectivity index (χ1n) is 8.69. The summed E-state index contributed by atoms with van der Waals surface area (Å²) < 4.78 is 24.6. The number of benzene rings is 2.